The van der Waals surface area contributed by atoms with Gasteiger partial charge in [-0.1, -0.05) is 18.5 Å². The molecule has 25 heavy (non-hydrogen) atoms. The van der Waals surface area contributed by atoms with Crippen molar-refractivity contribution >= 4 is 17.5 Å². The van der Waals surface area contributed by atoms with Crippen LogP contribution in [0.2, 0.25) is 5.02 Å². The third kappa shape index (κ3) is 3.01. The van der Waals surface area contributed by atoms with E-state index in [0.717, 1.165) is 29.9 Å². The highest BCUT2D eigenvalue weighted by Gasteiger charge is 2.54. The molecule has 1 aromatic heterocycles. The van der Waals surface area contributed by atoms with Crippen molar-refractivity contribution < 1.29 is 4.79 Å². The van der Waals surface area contributed by atoms with Crippen LogP contribution in [-0.4, -0.2) is 21.7 Å². The molecule has 0 spiro atoms. The summed E-state index contributed by atoms with van der Waals surface area (Å²) >= 11 is 6.11. The number of nitrogens with zero attached hydrogens (tertiary/aromatic N) is 2. The number of hydrogen-bond donors (Lipinski definition) is 1. The SMILES string of the molecule is CCC(NC(=O)C(C)n1cc(Cl)c(C)n1)C12CC3CC(CC(C3)C1)C2. The molecule has 0 saturated heterocycles. The van der Waals surface area contributed by atoms with Crippen molar-refractivity contribution in [1.29, 1.82) is 0 Å². The quantitative estimate of drug-likeness (QED) is 0.836. The molecule has 4 aliphatic carbocycles. The monoisotopic (exact) mass is 363 g/mol. The van der Waals surface area contributed by atoms with E-state index in [4.69, 9.17) is 11.6 Å². The minimum atomic E-state index is -0.325. The number of nitrogens with one attached hydrogen (secondary N) is 1. The van der Waals surface area contributed by atoms with Gasteiger partial charge in [-0.15, -0.1) is 0 Å². The molecule has 1 aromatic rings. The molecule has 2 unspecified atom stereocenters. The molecule has 4 bridgehead atoms. The lowest BCUT2D eigenvalue weighted by atomic mass is 9.47. The van der Waals surface area contributed by atoms with Gasteiger partial charge in [0.15, 0.2) is 0 Å². The zero-order valence-electron chi connectivity index (χ0n) is 15.6. The predicted molar refractivity (Wildman–Crippen MR) is 99.5 cm³/mol. The Labute approximate surface area is 155 Å². The maximum Gasteiger partial charge on any atom is 0.244 e. The second-order valence-corrected chi connectivity index (χ2v) is 9.37. The fourth-order valence-electron chi connectivity index (χ4n) is 6.36. The van der Waals surface area contributed by atoms with E-state index in [9.17, 15) is 4.79 Å². The number of amides is 1. The lowest BCUT2D eigenvalue weighted by Gasteiger charge is -2.59. The average molecular weight is 364 g/mol. The summed E-state index contributed by atoms with van der Waals surface area (Å²) in [5.74, 6) is 2.79. The number of carbonyl (C=O) groups excluding carboxylic acids is 1. The summed E-state index contributed by atoms with van der Waals surface area (Å²) in [4.78, 5) is 12.9. The van der Waals surface area contributed by atoms with Gasteiger partial charge in [0.25, 0.3) is 0 Å². The second kappa shape index (κ2) is 6.29. The van der Waals surface area contributed by atoms with E-state index in [1.54, 1.807) is 10.9 Å². The summed E-state index contributed by atoms with van der Waals surface area (Å²) in [5, 5.41) is 8.41. The van der Waals surface area contributed by atoms with Crippen LogP contribution in [0.3, 0.4) is 0 Å². The molecule has 5 heteroatoms. The Morgan fingerprint density at radius 2 is 1.88 bits per heavy atom. The topological polar surface area (TPSA) is 46.9 Å². The number of hydrogen-bond acceptors (Lipinski definition) is 2. The summed E-state index contributed by atoms with van der Waals surface area (Å²) < 4.78 is 1.69. The molecule has 138 valence electrons. The molecule has 1 heterocycles. The number of aromatic nitrogens is 2. The summed E-state index contributed by atoms with van der Waals surface area (Å²) in [5.41, 5.74) is 1.12. The summed E-state index contributed by atoms with van der Waals surface area (Å²) in [6.45, 7) is 6.00. The third-order valence-electron chi connectivity index (χ3n) is 7.18. The van der Waals surface area contributed by atoms with Crippen LogP contribution in [0.15, 0.2) is 6.20 Å². The first kappa shape index (κ1) is 17.4. The lowest BCUT2D eigenvalue weighted by molar-refractivity contribution is -0.129. The Morgan fingerprint density at radius 1 is 1.32 bits per heavy atom. The van der Waals surface area contributed by atoms with Gasteiger partial charge in [0.05, 0.1) is 10.7 Å². The molecule has 4 aliphatic rings. The van der Waals surface area contributed by atoms with Gasteiger partial charge in [0.2, 0.25) is 5.91 Å². The highest BCUT2D eigenvalue weighted by atomic mass is 35.5. The van der Waals surface area contributed by atoms with Gasteiger partial charge in [0, 0.05) is 12.2 Å². The van der Waals surface area contributed by atoms with E-state index < -0.39 is 0 Å². The number of halogens is 1. The van der Waals surface area contributed by atoms with Gasteiger partial charge in [0.1, 0.15) is 6.04 Å². The minimum Gasteiger partial charge on any atom is -0.351 e. The fraction of sp³-hybridized carbons (Fsp3) is 0.800. The van der Waals surface area contributed by atoms with Crippen LogP contribution in [0.25, 0.3) is 0 Å². The van der Waals surface area contributed by atoms with Crippen molar-refractivity contribution in [3.63, 3.8) is 0 Å². The first-order chi connectivity index (χ1) is 11.9. The molecule has 1 amide bonds. The Morgan fingerprint density at radius 3 is 2.32 bits per heavy atom. The molecular formula is C20H30ClN3O. The molecule has 4 fully saturated rings. The van der Waals surface area contributed by atoms with Crippen molar-refractivity contribution in [3.05, 3.63) is 16.9 Å². The molecule has 2 atom stereocenters. The smallest absolute Gasteiger partial charge is 0.244 e. The highest BCUT2D eigenvalue weighted by Crippen LogP contribution is 2.61. The molecule has 0 aliphatic heterocycles. The molecule has 4 saturated carbocycles. The number of rotatable bonds is 5. The minimum absolute atomic E-state index is 0.0711. The molecule has 1 N–H and O–H groups in total. The normalized spacial score (nSPS) is 35.6. The van der Waals surface area contributed by atoms with Crippen LogP contribution in [0.4, 0.5) is 0 Å². The third-order valence-corrected chi connectivity index (χ3v) is 7.55. The molecule has 0 aromatic carbocycles. The van der Waals surface area contributed by atoms with Crippen molar-refractivity contribution in [1.82, 2.24) is 15.1 Å². The van der Waals surface area contributed by atoms with Gasteiger partial charge in [-0.2, -0.15) is 5.10 Å². The molecule has 0 radical (unpaired) electrons. The zero-order valence-corrected chi connectivity index (χ0v) is 16.4. The van der Waals surface area contributed by atoms with E-state index in [1.807, 2.05) is 13.8 Å². The number of carbonyl (C=O) groups is 1. The van der Waals surface area contributed by atoms with Crippen LogP contribution < -0.4 is 5.32 Å². The van der Waals surface area contributed by atoms with E-state index >= 15 is 0 Å². The molecular weight excluding hydrogens is 334 g/mol. The van der Waals surface area contributed by atoms with Gasteiger partial charge in [-0.05, 0) is 82.0 Å². The lowest BCUT2D eigenvalue weighted by Crippen LogP contribution is -2.57. The van der Waals surface area contributed by atoms with Crippen molar-refractivity contribution in [3.8, 4) is 0 Å². The van der Waals surface area contributed by atoms with Gasteiger partial charge >= 0.3 is 0 Å². The summed E-state index contributed by atoms with van der Waals surface area (Å²) in [7, 11) is 0. The first-order valence-electron chi connectivity index (χ1n) is 9.92. The fourth-order valence-corrected chi connectivity index (χ4v) is 6.50. The largest absolute Gasteiger partial charge is 0.351 e. The van der Waals surface area contributed by atoms with Gasteiger partial charge in [-0.3, -0.25) is 9.48 Å². The summed E-state index contributed by atoms with van der Waals surface area (Å²) in [6.07, 6.45) is 11.0. The highest BCUT2D eigenvalue weighted by molar-refractivity contribution is 6.31. The second-order valence-electron chi connectivity index (χ2n) is 8.97. The van der Waals surface area contributed by atoms with Crippen molar-refractivity contribution in [2.24, 2.45) is 23.2 Å². The van der Waals surface area contributed by atoms with E-state index in [1.165, 1.54) is 38.5 Å². The zero-order chi connectivity index (χ0) is 17.8. The van der Waals surface area contributed by atoms with E-state index in [2.05, 4.69) is 17.3 Å². The summed E-state index contributed by atoms with van der Waals surface area (Å²) in [6, 6.07) is -0.0304. The average Bonchev–Trinajstić information content (AvgIpc) is 2.89. The molecule has 5 rings (SSSR count). The van der Waals surface area contributed by atoms with Crippen LogP contribution >= 0.6 is 11.6 Å². The maximum atomic E-state index is 12.9. The Bertz CT molecular complexity index is 613. The number of aryl methyl sites for hydroxylation is 1. The van der Waals surface area contributed by atoms with Crippen LogP contribution in [0, 0.1) is 30.1 Å². The molecule has 4 nitrogen and oxygen atoms in total. The van der Waals surface area contributed by atoms with E-state index in [-0.39, 0.29) is 11.9 Å². The van der Waals surface area contributed by atoms with Crippen LogP contribution in [0.1, 0.15) is 70.5 Å². The van der Waals surface area contributed by atoms with Crippen molar-refractivity contribution in [2.45, 2.75) is 77.8 Å². The maximum absolute atomic E-state index is 12.9. The van der Waals surface area contributed by atoms with Gasteiger partial charge < -0.3 is 5.32 Å². The Balaban J connectivity index is 1.49. The Hall–Kier alpha value is -1.03. The predicted octanol–water partition coefficient (Wildman–Crippen LogP) is 4.52. The van der Waals surface area contributed by atoms with Crippen LogP contribution in [0.5, 0.6) is 0 Å². The standard InChI is InChI=1S/C20H30ClN3O/c1-4-18(20-8-14-5-15(9-20)7-16(6-14)10-20)22-19(25)13(3)24-11-17(21)12(2)23-24/h11,13-16,18H,4-10H2,1-3H3,(H,22,25). The van der Waals surface area contributed by atoms with Crippen molar-refractivity contribution in [2.75, 3.05) is 0 Å². The van der Waals surface area contributed by atoms with Crippen LogP contribution in [-0.2, 0) is 4.79 Å². The van der Waals surface area contributed by atoms with E-state index in [0.29, 0.717) is 16.5 Å². The first-order valence-corrected chi connectivity index (χ1v) is 10.3. The Kier molecular flexibility index (Phi) is 4.38. The van der Waals surface area contributed by atoms with Gasteiger partial charge in [-0.25, -0.2) is 0 Å².